The number of hydrogen-bond acceptors (Lipinski definition) is 3. The van der Waals surface area contributed by atoms with Crippen molar-refractivity contribution < 1.29 is 9.53 Å². The summed E-state index contributed by atoms with van der Waals surface area (Å²) >= 11 is 12.0. The molecule has 0 atom stereocenters. The van der Waals surface area contributed by atoms with Crippen LogP contribution in [0.5, 0.6) is 5.75 Å². The summed E-state index contributed by atoms with van der Waals surface area (Å²) in [6.07, 6.45) is 6.39. The molecule has 1 amide bonds. The Morgan fingerprint density at radius 3 is 2.91 bits per heavy atom. The van der Waals surface area contributed by atoms with Crippen LogP contribution in [0, 0.1) is 0 Å². The van der Waals surface area contributed by atoms with Crippen molar-refractivity contribution in [2.24, 2.45) is 0 Å². The predicted octanol–water partition coefficient (Wildman–Crippen LogP) is 3.73. The average molecular weight is 337 g/mol. The van der Waals surface area contributed by atoms with Crippen molar-refractivity contribution in [3.8, 4) is 5.75 Å². The minimum absolute atomic E-state index is 0.234. The number of benzene rings is 1. The van der Waals surface area contributed by atoms with E-state index in [9.17, 15) is 4.79 Å². The molecule has 6 heteroatoms. The maximum absolute atomic E-state index is 11.8. The zero-order valence-electron chi connectivity index (χ0n) is 11.8. The van der Waals surface area contributed by atoms with E-state index >= 15 is 0 Å². The molecule has 1 N–H and O–H groups in total. The summed E-state index contributed by atoms with van der Waals surface area (Å²) < 4.78 is 5.21. The molecule has 0 unspecified atom stereocenters. The molecule has 0 saturated heterocycles. The number of carbonyl (C=O) groups excluding carboxylic acids is 1. The fourth-order valence-electron chi connectivity index (χ4n) is 1.84. The van der Waals surface area contributed by atoms with Crippen molar-refractivity contribution in [1.82, 2.24) is 10.3 Å². The number of amides is 1. The fraction of sp³-hybridized carbons (Fsp3) is 0.125. The molecule has 1 aromatic heterocycles. The van der Waals surface area contributed by atoms with Crippen LogP contribution in [0.1, 0.15) is 11.1 Å². The van der Waals surface area contributed by atoms with Crippen molar-refractivity contribution in [3.05, 3.63) is 63.9 Å². The van der Waals surface area contributed by atoms with Crippen LogP contribution in [0.2, 0.25) is 10.0 Å². The van der Waals surface area contributed by atoms with E-state index in [-0.39, 0.29) is 5.91 Å². The van der Waals surface area contributed by atoms with Crippen molar-refractivity contribution in [3.63, 3.8) is 0 Å². The van der Waals surface area contributed by atoms with Gasteiger partial charge < -0.3 is 10.1 Å². The molecule has 114 valence electrons. The number of aromatic nitrogens is 1. The van der Waals surface area contributed by atoms with E-state index < -0.39 is 0 Å². The third kappa shape index (κ3) is 4.48. The van der Waals surface area contributed by atoms with E-state index in [1.165, 1.54) is 13.2 Å². The zero-order valence-corrected chi connectivity index (χ0v) is 13.4. The first-order valence-corrected chi connectivity index (χ1v) is 7.23. The van der Waals surface area contributed by atoms with Crippen LogP contribution in [0.3, 0.4) is 0 Å². The number of carbonyl (C=O) groups is 1. The van der Waals surface area contributed by atoms with Crippen molar-refractivity contribution in [2.75, 3.05) is 7.11 Å². The second-order valence-corrected chi connectivity index (χ2v) is 5.27. The maximum atomic E-state index is 11.8. The molecule has 2 rings (SSSR count). The predicted molar refractivity (Wildman–Crippen MR) is 88.1 cm³/mol. The molecule has 22 heavy (non-hydrogen) atoms. The minimum atomic E-state index is -0.234. The highest BCUT2D eigenvalue weighted by atomic mass is 35.5. The molecular weight excluding hydrogens is 323 g/mol. The maximum Gasteiger partial charge on any atom is 0.244 e. The third-order valence-electron chi connectivity index (χ3n) is 2.85. The summed E-state index contributed by atoms with van der Waals surface area (Å²) in [4.78, 5) is 15.8. The van der Waals surface area contributed by atoms with Gasteiger partial charge in [-0.1, -0.05) is 29.3 Å². The number of rotatable bonds is 5. The van der Waals surface area contributed by atoms with Crippen LogP contribution < -0.4 is 10.1 Å². The van der Waals surface area contributed by atoms with Crippen LogP contribution in [0.15, 0.2) is 42.7 Å². The van der Waals surface area contributed by atoms with Crippen LogP contribution in [0.25, 0.3) is 6.08 Å². The van der Waals surface area contributed by atoms with Gasteiger partial charge >= 0.3 is 0 Å². The average Bonchev–Trinajstić information content (AvgIpc) is 2.51. The number of hydrogen-bond donors (Lipinski definition) is 1. The summed E-state index contributed by atoms with van der Waals surface area (Å²) in [6.45, 7) is 0.407. The topological polar surface area (TPSA) is 51.2 Å². The summed E-state index contributed by atoms with van der Waals surface area (Å²) in [6, 6.07) is 6.96. The molecule has 4 nitrogen and oxygen atoms in total. The molecule has 0 fully saturated rings. The van der Waals surface area contributed by atoms with Gasteiger partial charge in [0.15, 0.2) is 0 Å². The number of pyridine rings is 1. The van der Waals surface area contributed by atoms with E-state index in [0.717, 1.165) is 5.56 Å². The van der Waals surface area contributed by atoms with Gasteiger partial charge in [0, 0.05) is 35.6 Å². The first-order chi connectivity index (χ1) is 10.6. The largest absolute Gasteiger partial charge is 0.495 e. The highest BCUT2D eigenvalue weighted by Crippen LogP contribution is 2.32. The Morgan fingerprint density at radius 1 is 1.41 bits per heavy atom. The number of nitrogens with zero attached hydrogens (tertiary/aromatic N) is 1. The normalized spacial score (nSPS) is 10.7. The van der Waals surface area contributed by atoms with Crippen LogP contribution in [0.4, 0.5) is 0 Å². The second kappa shape index (κ2) is 7.82. The number of methoxy groups -OCH3 is 1. The Bertz CT molecular complexity index is 688. The lowest BCUT2D eigenvalue weighted by atomic mass is 10.2. The summed E-state index contributed by atoms with van der Waals surface area (Å²) in [7, 11) is 1.51. The smallest absolute Gasteiger partial charge is 0.244 e. The Kier molecular flexibility index (Phi) is 5.81. The molecule has 0 saturated carbocycles. The molecule has 0 spiro atoms. The molecule has 0 bridgehead atoms. The van der Waals surface area contributed by atoms with Gasteiger partial charge in [-0.2, -0.15) is 0 Å². The molecule has 0 aliphatic heterocycles. The van der Waals surface area contributed by atoms with Gasteiger partial charge in [-0.05, 0) is 29.8 Å². The lowest BCUT2D eigenvalue weighted by Crippen LogP contribution is -2.20. The third-order valence-corrected chi connectivity index (χ3v) is 3.34. The van der Waals surface area contributed by atoms with E-state index in [1.807, 2.05) is 12.1 Å². The van der Waals surface area contributed by atoms with Gasteiger partial charge in [0.1, 0.15) is 5.75 Å². The summed E-state index contributed by atoms with van der Waals surface area (Å²) in [5.74, 6) is 0.240. The number of halogens is 2. The van der Waals surface area contributed by atoms with Crippen LogP contribution in [-0.4, -0.2) is 18.0 Å². The van der Waals surface area contributed by atoms with Gasteiger partial charge in [0.2, 0.25) is 5.91 Å². The van der Waals surface area contributed by atoms with Crippen molar-refractivity contribution in [1.29, 1.82) is 0 Å². The van der Waals surface area contributed by atoms with E-state index in [4.69, 9.17) is 27.9 Å². The lowest BCUT2D eigenvalue weighted by molar-refractivity contribution is -0.116. The van der Waals surface area contributed by atoms with Crippen LogP contribution in [-0.2, 0) is 11.3 Å². The SMILES string of the molecule is COc1c(Cl)cc(Cl)cc1C=CC(=O)NCc1cccnc1. The Morgan fingerprint density at radius 2 is 2.23 bits per heavy atom. The molecular formula is C16H14Cl2N2O2. The molecule has 0 radical (unpaired) electrons. The minimum Gasteiger partial charge on any atom is -0.495 e. The Hall–Kier alpha value is -2.04. The van der Waals surface area contributed by atoms with E-state index in [0.29, 0.717) is 27.9 Å². The number of ether oxygens (including phenoxy) is 1. The quantitative estimate of drug-likeness (QED) is 0.846. The molecule has 1 aromatic carbocycles. The van der Waals surface area contributed by atoms with Crippen molar-refractivity contribution in [2.45, 2.75) is 6.54 Å². The van der Waals surface area contributed by atoms with Gasteiger partial charge in [0.05, 0.1) is 12.1 Å². The highest BCUT2D eigenvalue weighted by Gasteiger charge is 2.08. The molecule has 0 aliphatic rings. The molecule has 2 aromatic rings. The molecule has 0 aliphatic carbocycles. The lowest BCUT2D eigenvalue weighted by Gasteiger charge is -2.08. The zero-order chi connectivity index (χ0) is 15.9. The standard InChI is InChI=1S/C16H14Cl2N2O2/c1-22-16-12(7-13(17)8-14(16)18)4-5-15(21)20-10-11-3-2-6-19-9-11/h2-9H,10H2,1H3,(H,20,21). The Balaban J connectivity index is 2.04. The Labute approximate surface area is 138 Å². The van der Waals surface area contributed by atoms with Gasteiger partial charge in [-0.25, -0.2) is 0 Å². The summed E-state index contributed by atoms with van der Waals surface area (Å²) in [5, 5.41) is 3.63. The van der Waals surface area contributed by atoms with Crippen molar-refractivity contribution >= 4 is 35.2 Å². The van der Waals surface area contributed by atoms with Gasteiger partial charge in [-0.3, -0.25) is 9.78 Å². The highest BCUT2D eigenvalue weighted by molar-refractivity contribution is 6.35. The fourth-order valence-corrected chi connectivity index (χ4v) is 2.42. The number of nitrogens with one attached hydrogen (secondary N) is 1. The van der Waals surface area contributed by atoms with E-state index in [1.54, 1.807) is 30.6 Å². The van der Waals surface area contributed by atoms with Gasteiger partial charge in [-0.15, -0.1) is 0 Å². The monoisotopic (exact) mass is 336 g/mol. The van der Waals surface area contributed by atoms with Crippen LogP contribution >= 0.6 is 23.2 Å². The van der Waals surface area contributed by atoms with Gasteiger partial charge in [0.25, 0.3) is 0 Å². The molecule has 1 heterocycles. The first-order valence-electron chi connectivity index (χ1n) is 6.48. The van der Waals surface area contributed by atoms with E-state index in [2.05, 4.69) is 10.3 Å². The summed E-state index contributed by atoms with van der Waals surface area (Å²) in [5.41, 5.74) is 1.56. The first kappa shape index (κ1) is 16.3. The second-order valence-electron chi connectivity index (χ2n) is 4.42.